The fourth-order valence-corrected chi connectivity index (χ4v) is 3.36. The SMILES string of the molecule is N#CCCCS(=O)(=O)CC(=O)Nc1cccc2ccccc12. The van der Waals surface area contributed by atoms with Crippen LogP contribution < -0.4 is 5.32 Å². The first-order valence-electron chi connectivity index (χ1n) is 6.87. The zero-order valence-electron chi connectivity index (χ0n) is 12.0. The van der Waals surface area contributed by atoms with Crippen LogP contribution >= 0.6 is 0 Å². The molecule has 0 aliphatic carbocycles. The van der Waals surface area contributed by atoms with E-state index in [4.69, 9.17) is 5.26 Å². The molecular formula is C16H16N2O3S. The lowest BCUT2D eigenvalue weighted by molar-refractivity contribution is -0.113. The third-order valence-electron chi connectivity index (χ3n) is 3.16. The van der Waals surface area contributed by atoms with Crippen molar-refractivity contribution in [2.24, 2.45) is 0 Å². The van der Waals surface area contributed by atoms with Crippen molar-refractivity contribution in [3.05, 3.63) is 42.5 Å². The largest absolute Gasteiger partial charge is 0.325 e. The molecule has 0 aliphatic heterocycles. The topological polar surface area (TPSA) is 87.0 Å². The van der Waals surface area contributed by atoms with Crippen molar-refractivity contribution < 1.29 is 13.2 Å². The summed E-state index contributed by atoms with van der Waals surface area (Å²) < 4.78 is 23.6. The Kier molecular flexibility index (Phi) is 5.12. The molecule has 0 bridgehead atoms. The van der Waals surface area contributed by atoms with Crippen LogP contribution in [0.4, 0.5) is 5.69 Å². The first-order chi connectivity index (χ1) is 10.5. The molecule has 2 rings (SSSR count). The van der Waals surface area contributed by atoms with Gasteiger partial charge in [0.2, 0.25) is 5.91 Å². The van der Waals surface area contributed by atoms with Gasteiger partial charge in [-0.1, -0.05) is 36.4 Å². The van der Waals surface area contributed by atoms with Crippen molar-refractivity contribution >= 4 is 32.2 Å². The zero-order valence-corrected chi connectivity index (χ0v) is 12.8. The molecule has 0 saturated carbocycles. The van der Waals surface area contributed by atoms with E-state index in [0.717, 1.165) is 10.8 Å². The monoisotopic (exact) mass is 316 g/mol. The van der Waals surface area contributed by atoms with Crippen LogP contribution in [0.3, 0.4) is 0 Å². The van der Waals surface area contributed by atoms with E-state index < -0.39 is 21.5 Å². The lowest BCUT2D eigenvalue weighted by atomic mass is 10.1. The summed E-state index contributed by atoms with van der Waals surface area (Å²) in [7, 11) is -3.49. The van der Waals surface area contributed by atoms with Gasteiger partial charge >= 0.3 is 0 Å². The van der Waals surface area contributed by atoms with Crippen molar-refractivity contribution in [1.82, 2.24) is 0 Å². The average molecular weight is 316 g/mol. The molecular weight excluding hydrogens is 300 g/mol. The van der Waals surface area contributed by atoms with Crippen molar-refractivity contribution in [2.75, 3.05) is 16.8 Å². The Bertz CT molecular complexity index is 817. The maximum absolute atomic E-state index is 11.9. The van der Waals surface area contributed by atoms with Crippen LogP contribution in [0.5, 0.6) is 0 Å². The molecule has 0 unspecified atom stereocenters. The number of carbonyl (C=O) groups excluding carboxylic acids is 1. The van der Waals surface area contributed by atoms with E-state index in [2.05, 4.69) is 5.32 Å². The summed E-state index contributed by atoms with van der Waals surface area (Å²) in [6.07, 6.45) is 0.421. The molecule has 0 radical (unpaired) electrons. The Balaban J connectivity index is 2.07. The summed E-state index contributed by atoms with van der Waals surface area (Å²) in [5.41, 5.74) is 0.593. The summed E-state index contributed by atoms with van der Waals surface area (Å²) >= 11 is 0. The minimum absolute atomic E-state index is 0.149. The number of rotatable bonds is 6. The van der Waals surface area contributed by atoms with Gasteiger partial charge in [-0.3, -0.25) is 4.79 Å². The Morgan fingerprint density at radius 3 is 2.64 bits per heavy atom. The number of nitriles is 1. The second kappa shape index (κ2) is 7.05. The molecule has 0 aromatic heterocycles. The Hall–Kier alpha value is -2.39. The van der Waals surface area contributed by atoms with E-state index in [1.807, 2.05) is 36.4 Å². The number of hydrogen-bond donors (Lipinski definition) is 1. The minimum atomic E-state index is -3.49. The molecule has 0 atom stereocenters. The number of unbranched alkanes of at least 4 members (excludes halogenated alkanes) is 1. The number of nitrogens with zero attached hydrogens (tertiary/aromatic N) is 1. The molecule has 0 saturated heterocycles. The Labute approximate surface area is 129 Å². The fraction of sp³-hybridized carbons (Fsp3) is 0.250. The molecule has 5 nitrogen and oxygen atoms in total. The number of hydrogen-bond acceptors (Lipinski definition) is 4. The molecule has 0 heterocycles. The van der Waals surface area contributed by atoms with E-state index >= 15 is 0 Å². The van der Waals surface area contributed by atoms with Crippen LogP contribution in [-0.4, -0.2) is 25.8 Å². The van der Waals surface area contributed by atoms with Crippen LogP contribution in [-0.2, 0) is 14.6 Å². The lowest BCUT2D eigenvalue weighted by Gasteiger charge is -2.09. The van der Waals surface area contributed by atoms with Gasteiger partial charge in [-0.2, -0.15) is 5.26 Å². The first-order valence-corrected chi connectivity index (χ1v) is 8.69. The fourth-order valence-electron chi connectivity index (χ4n) is 2.16. The molecule has 0 fully saturated rings. The quantitative estimate of drug-likeness (QED) is 0.829. The molecule has 0 spiro atoms. The van der Waals surface area contributed by atoms with Crippen LogP contribution in [0, 0.1) is 11.3 Å². The van der Waals surface area contributed by atoms with Crippen molar-refractivity contribution in [3.8, 4) is 6.07 Å². The van der Waals surface area contributed by atoms with Gasteiger partial charge in [0.15, 0.2) is 9.84 Å². The lowest BCUT2D eigenvalue weighted by Crippen LogP contribution is -2.24. The number of benzene rings is 2. The number of carbonyl (C=O) groups is 1. The van der Waals surface area contributed by atoms with Crippen LogP contribution in [0.1, 0.15) is 12.8 Å². The van der Waals surface area contributed by atoms with Gasteiger partial charge in [-0.15, -0.1) is 0 Å². The van der Waals surface area contributed by atoms with Gasteiger partial charge < -0.3 is 5.32 Å². The second-order valence-corrected chi connectivity index (χ2v) is 7.11. The highest BCUT2D eigenvalue weighted by Gasteiger charge is 2.17. The highest BCUT2D eigenvalue weighted by atomic mass is 32.2. The summed E-state index contributed by atoms with van der Waals surface area (Å²) in [4.78, 5) is 11.9. The normalized spacial score (nSPS) is 11.0. The maximum atomic E-state index is 11.9. The molecule has 2 aromatic rings. The molecule has 114 valence electrons. The second-order valence-electron chi connectivity index (χ2n) is 4.93. The third kappa shape index (κ3) is 4.30. The van der Waals surface area contributed by atoms with Crippen LogP contribution in [0.25, 0.3) is 10.8 Å². The summed E-state index contributed by atoms with van der Waals surface area (Å²) in [6.45, 7) is 0. The standard InChI is InChI=1S/C16H16N2O3S/c17-10-3-4-11-22(20,21)12-16(19)18-15-9-5-7-13-6-1-2-8-14(13)15/h1-2,5-9H,3-4,11-12H2,(H,18,19). The van der Waals surface area contributed by atoms with E-state index in [-0.39, 0.29) is 18.6 Å². The number of nitrogens with one attached hydrogen (secondary N) is 1. The van der Waals surface area contributed by atoms with Gasteiger partial charge in [0.05, 0.1) is 11.8 Å². The van der Waals surface area contributed by atoms with Gasteiger partial charge in [0.1, 0.15) is 5.75 Å². The third-order valence-corrected chi connectivity index (χ3v) is 4.77. The van der Waals surface area contributed by atoms with Gasteiger partial charge in [-0.05, 0) is 17.9 Å². The molecule has 22 heavy (non-hydrogen) atoms. The molecule has 1 amide bonds. The van der Waals surface area contributed by atoms with Crippen molar-refractivity contribution in [2.45, 2.75) is 12.8 Å². The van der Waals surface area contributed by atoms with Crippen LogP contribution in [0.2, 0.25) is 0 Å². The van der Waals surface area contributed by atoms with Crippen molar-refractivity contribution in [3.63, 3.8) is 0 Å². The molecule has 0 aliphatic rings. The summed E-state index contributed by atoms with van der Waals surface area (Å²) in [5, 5.41) is 12.9. The minimum Gasteiger partial charge on any atom is -0.325 e. The van der Waals surface area contributed by atoms with E-state index in [1.54, 1.807) is 12.1 Å². The van der Waals surface area contributed by atoms with E-state index in [0.29, 0.717) is 5.69 Å². The van der Waals surface area contributed by atoms with Gasteiger partial charge in [-0.25, -0.2) is 8.42 Å². The van der Waals surface area contributed by atoms with Gasteiger partial charge in [0.25, 0.3) is 0 Å². The Morgan fingerprint density at radius 2 is 1.86 bits per heavy atom. The smallest absolute Gasteiger partial charge is 0.239 e. The highest BCUT2D eigenvalue weighted by Crippen LogP contribution is 2.22. The zero-order chi connectivity index (χ0) is 16.0. The molecule has 1 N–H and O–H groups in total. The first kappa shape index (κ1) is 16.0. The molecule has 2 aromatic carbocycles. The number of sulfone groups is 1. The maximum Gasteiger partial charge on any atom is 0.239 e. The van der Waals surface area contributed by atoms with Gasteiger partial charge in [0, 0.05) is 17.5 Å². The van der Waals surface area contributed by atoms with E-state index in [1.165, 1.54) is 0 Å². The predicted octanol–water partition coefficient (Wildman–Crippen LogP) is 2.50. The van der Waals surface area contributed by atoms with E-state index in [9.17, 15) is 13.2 Å². The molecule has 6 heteroatoms. The summed E-state index contributed by atoms with van der Waals surface area (Å²) in [6, 6.07) is 14.9. The van der Waals surface area contributed by atoms with Crippen LogP contribution in [0.15, 0.2) is 42.5 Å². The highest BCUT2D eigenvalue weighted by molar-refractivity contribution is 7.92. The number of amides is 1. The van der Waals surface area contributed by atoms with Crippen molar-refractivity contribution in [1.29, 1.82) is 5.26 Å². The summed E-state index contributed by atoms with van der Waals surface area (Å²) in [5.74, 6) is -1.28. The number of anilines is 1. The Morgan fingerprint density at radius 1 is 1.14 bits per heavy atom. The predicted molar refractivity (Wildman–Crippen MR) is 86.1 cm³/mol. The number of fused-ring (bicyclic) bond motifs is 1. The average Bonchev–Trinajstić information content (AvgIpc) is 2.47.